The molecule has 0 spiro atoms. The van der Waals surface area contributed by atoms with E-state index in [9.17, 15) is 4.39 Å². The zero-order valence-corrected chi connectivity index (χ0v) is 18.7. The van der Waals surface area contributed by atoms with Crippen molar-refractivity contribution in [3.05, 3.63) is 72.2 Å². The van der Waals surface area contributed by atoms with E-state index in [-0.39, 0.29) is 11.9 Å². The van der Waals surface area contributed by atoms with Crippen molar-refractivity contribution in [1.82, 2.24) is 0 Å². The lowest BCUT2D eigenvalue weighted by Gasteiger charge is -2.17. The fourth-order valence-corrected chi connectivity index (χ4v) is 2.56. The Morgan fingerprint density at radius 1 is 1.07 bits per heavy atom. The summed E-state index contributed by atoms with van der Waals surface area (Å²) < 4.78 is 13.4. The van der Waals surface area contributed by atoms with Crippen LogP contribution < -0.4 is 0 Å². The minimum absolute atomic E-state index is 0.101. The number of hydrogen-bond acceptors (Lipinski definition) is 1. The second-order valence-electron chi connectivity index (χ2n) is 7.35. The van der Waals surface area contributed by atoms with Gasteiger partial charge < -0.3 is 0 Å². The van der Waals surface area contributed by atoms with E-state index in [4.69, 9.17) is 4.99 Å². The highest BCUT2D eigenvalue weighted by Crippen LogP contribution is 2.24. The summed E-state index contributed by atoms with van der Waals surface area (Å²) in [7, 11) is 0. The van der Waals surface area contributed by atoms with Crippen molar-refractivity contribution in [2.24, 2.45) is 10.9 Å². The summed E-state index contributed by atoms with van der Waals surface area (Å²) in [5.74, 6) is 0.117. The lowest BCUT2D eigenvalue weighted by atomic mass is 9.92. The molecule has 0 aliphatic heterocycles. The van der Waals surface area contributed by atoms with Crippen molar-refractivity contribution in [2.45, 2.75) is 79.2 Å². The molecule has 1 atom stereocenters. The van der Waals surface area contributed by atoms with Gasteiger partial charge in [0, 0.05) is 0 Å². The van der Waals surface area contributed by atoms with Gasteiger partial charge in [-0.15, -0.1) is 0 Å². The molecule has 0 saturated heterocycles. The monoisotopic (exact) mass is 385 g/mol. The zero-order chi connectivity index (χ0) is 21.4. The van der Waals surface area contributed by atoms with Gasteiger partial charge in [-0.3, -0.25) is 4.99 Å². The van der Waals surface area contributed by atoms with Crippen LogP contribution in [0.25, 0.3) is 0 Å². The Labute approximate surface area is 173 Å². The van der Waals surface area contributed by atoms with E-state index in [1.54, 1.807) is 13.0 Å². The first kappa shape index (κ1) is 26.0. The minimum Gasteiger partial charge on any atom is -0.290 e. The van der Waals surface area contributed by atoms with Gasteiger partial charge in [0.2, 0.25) is 0 Å². The summed E-state index contributed by atoms with van der Waals surface area (Å²) in [6.07, 6.45) is 19.7. The van der Waals surface area contributed by atoms with Crippen LogP contribution in [0, 0.1) is 5.92 Å². The summed E-state index contributed by atoms with van der Waals surface area (Å²) >= 11 is 0. The third-order valence-electron chi connectivity index (χ3n) is 4.49. The Morgan fingerprint density at radius 2 is 1.79 bits per heavy atom. The quantitative estimate of drug-likeness (QED) is 0.123. The van der Waals surface area contributed by atoms with E-state index in [0.717, 1.165) is 36.0 Å². The maximum absolute atomic E-state index is 13.4. The maximum atomic E-state index is 13.4. The summed E-state index contributed by atoms with van der Waals surface area (Å²) in [6, 6.07) is 0.101. The van der Waals surface area contributed by atoms with Crippen molar-refractivity contribution >= 4 is 6.21 Å². The predicted octanol–water partition coefficient (Wildman–Crippen LogP) is 8.49. The number of halogens is 1. The first-order valence-electron chi connectivity index (χ1n) is 10.6. The molecule has 0 bridgehead atoms. The highest BCUT2D eigenvalue weighted by molar-refractivity contribution is 5.57. The lowest BCUT2D eigenvalue weighted by molar-refractivity contribution is 0.571. The molecular weight excluding hydrogens is 345 g/mol. The molecule has 2 heteroatoms. The molecule has 0 N–H and O–H groups in total. The van der Waals surface area contributed by atoms with Crippen LogP contribution >= 0.6 is 0 Å². The molecule has 0 amide bonds. The zero-order valence-electron chi connectivity index (χ0n) is 18.7. The molecule has 28 heavy (non-hydrogen) atoms. The molecule has 0 fully saturated rings. The highest BCUT2D eigenvalue weighted by atomic mass is 19.1. The molecule has 0 aliphatic rings. The normalized spacial score (nSPS) is 14.7. The lowest BCUT2D eigenvalue weighted by Crippen LogP contribution is -2.11. The molecule has 1 unspecified atom stereocenters. The van der Waals surface area contributed by atoms with Crippen LogP contribution in [-0.4, -0.2) is 12.3 Å². The molecule has 156 valence electrons. The largest absolute Gasteiger partial charge is 0.290 e. The number of aliphatic imine (C=N–C) groups is 1. The molecule has 0 saturated carbocycles. The SMILES string of the molecule is C=C(/C=C\C(F)=C/C)C(=C)C(=CC(/N=C/CC)C(C)C)C/C=C/CCCCC. The molecular formula is C26H40FN. The van der Waals surface area contributed by atoms with E-state index >= 15 is 0 Å². The van der Waals surface area contributed by atoms with Gasteiger partial charge in [-0.1, -0.05) is 84.1 Å². The average molecular weight is 386 g/mol. The van der Waals surface area contributed by atoms with Crippen molar-refractivity contribution < 1.29 is 4.39 Å². The molecule has 0 aliphatic carbocycles. The third-order valence-corrected chi connectivity index (χ3v) is 4.49. The molecule has 0 rings (SSSR count). The van der Waals surface area contributed by atoms with Gasteiger partial charge >= 0.3 is 0 Å². The van der Waals surface area contributed by atoms with Crippen molar-refractivity contribution in [3.8, 4) is 0 Å². The summed E-state index contributed by atoms with van der Waals surface area (Å²) in [5, 5.41) is 0. The molecule has 0 heterocycles. The second-order valence-corrected chi connectivity index (χ2v) is 7.35. The Morgan fingerprint density at radius 3 is 2.36 bits per heavy atom. The van der Waals surface area contributed by atoms with Gasteiger partial charge in [0.05, 0.1) is 6.04 Å². The third kappa shape index (κ3) is 11.7. The van der Waals surface area contributed by atoms with E-state index in [1.807, 2.05) is 6.21 Å². The van der Waals surface area contributed by atoms with Crippen molar-refractivity contribution in [3.63, 3.8) is 0 Å². The van der Waals surface area contributed by atoms with Crippen molar-refractivity contribution in [1.29, 1.82) is 0 Å². The number of nitrogens with zero attached hydrogens (tertiary/aromatic N) is 1. The second kappa shape index (κ2) is 16.0. The Bertz CT molecular complexity index is 614. The average Bonchev–Trinajstić information content (AvgIpc) is 2.68. The van der Waals surface area contributed by atoms with Gasteiger partial charge in [0.1, 0.15) is 5.83 Å². The first-order chi connectivity index (χ1) is 13.4. The molecule has 0 radical (unpaired) electrons. The number of hydrogen-bond donors (Lipinski definition) is 0. The van der Waals surface area contributed by atoms with Crippen LogP contribution in [0.5, 0.6) is 0 Å². The van der Waals surface area contributed by atoms with Gasteiger partial charge in [-0.25, -0.2) is 4.39 Å². The van der Waals surface area contributed by atoms with Gasteiger partial charge in [-0.2, -0.15) is 0 Å². The van der Waals surface area contributed by atoms with Crippen LogP contribution in [0.4, 0.5) is 4.39 Å². The minimum atomic E-state index is -0.275. The van der Waals surface area contributed by atoms with Gasteiger partial charge in [0.25, 0.3) is 0 Å². The maximum Gasteiger partial charge on any atom is 0.118 e. The fourth-order valence-electron chi connectivity index (χ4n) is 2.56. The van der Waals surface area contributed by atoms with Crippen LogP contribution in [0.15, 0.2) is 77.2 Å². The van der Waals surface area contributed by atoms with E-state index in [0.29, 0.717) is 5.92 Å². The van der Waals surface area contributed by atoms with Gasteiger partial charge in [0.15, 0.2) is 0 Å². The molecule has 0 aromatic heterocycles. The highest BCUT2D eigenvalue weighted by Gasteiger charge is 2.12. The Hall–Kier alpha value is -1.96. The standard InChI is InChI=1S/C26H40FN/c1-8-11-12-13-14-15-16-24(20-26(21(4)5)28-19-9-2)23(7)22(6)17-18-25(27)10-3/h10,14-15,17-21,26H,6-9,11-13,16H2,1-5H3/b15-14+,18-17-,24-20?,25-10+,28-19+. The van der Waals surface area contributed by atoms with E-state index in [1.165, 1.54) is 31.4 Å². The first-order valence-corrected chi connectivity index (χ1v) is 10.6. The summed E-state index contributed by atoms with van der Waals surface area (Å²) in [4.78, 5) is 4.70. The van der Waals surface area contributed by atoms with Crippen LogP contribution in [0.1, 0.15) is 73.1 Å². The van der Waals surface area contributed by atoms with Gasteiger partial charge in [-0.05, 0) is 67.5 Å². The fraction of sp³-hybridized carbons (Fsp3) is 0.500. The molecule has 0 aromatic carbocycles. The van der Waals surface area contributed by atoms with Crippen LogP contribution in [0.3, 0.4) is 0 Å². The summed E-state index contributed by atoms with van der Waals surface area (Å²) in [6.45, 7) is 18.6. The van der Waals surface area contributed by atoms with E-state index in [2.05, 4.69) is 59.1 Å². The molecule has 0 aromatic rings. The predicted molar refractivity (Wildman–Crippen MR) is 126 cm³/mol. The Balaban J connectivity index is 5.48. The van der Waals surface area contributed by atoms with Crippen molar-refractivity contribution in [2.75, 3.05) is 0 Å². The Kier molecular flexibility index (Phi) is 14.9. The molecule has 1 nitrogen and oxygen atoms in total. The number of unbranched alkanes of at least 4 members (excludes halogenated alkanes) is 3. The number of rotatable bonds is 14. The topological polar surface area (TPSA) is 12.4 Å². The van der Waals surface area contributed by atoms with E-state index < -0.39 is 0 Å². The van der Waals surface area contributed by atoms with Crippen LogP contribution in [-0.2, 0) is 0 Å². The number of allylic oxidation sites excluding steroid dienone is 9. The van der Waals surface area contributed by atoms with Crippen LogP contribution in [0.2, 0.25) is 0 Å². The summed E-state index contributed by atoms with van der Waals surface area (Å²) in [5.41, 5.74) is 2.68. The smallest absolute Gasteiger partial charge is 0.118 e.